The predicted octanol–water partition coefficient (Wildman–Crippen LogP) is 1.86. The van der Waals surface area contributed by atoms with Crippen LogP contribution in [-0.2, 0) is 26.6 Å². The molecule has 1 atom stereocenters. The lowest BCUT2D eigenvalue weighted by Gasteiger charge is -2.09. The number of primary sulfonamides is 1. The van der Waals surface area contributed by atoms with E-state index in [1.165, 1.54) is 12.1 Å². The summed E-state index contributed by atoms with van der Waals surface area (Å²) in [5.41, 5.74) is 1.09. The van der Waals surface area contributed by atoms with E-state index in [9.17, 15) is 22.7 Å². The lowest BCUT2D eigenvalue weighted by molar-refractivity contribution is -0.384. The van der Waals surface area contributed by atoms with Crippen LogP contribution in [0.4, 0.5) is 17.1 Å². The number of nitrogens with zero attached hydrogens (tertiary/aromatic N) is 1. The Hall–Kier alpha value is -2.30. The molecule has 128 valence electrons. The van der Waals surface area contributed by atoms with Gasteiger partial charge in [0.05, 0.1) is 9.82 Å². The van der Waals surface area contributed by atoms with E-state index in [-0.39, 0.29) is 10.6 Å². The average Bonchev–Trinajstić information content (AvgIpc) is 2.45. The van der Waals surface area contributed by atoms with Crippen LogP contribution in [0.1, 0.15) is 5.56 Å². The van der Waals surface area contributed by atoms with Crippen LogP contribution < -0.4 is 10.5 Å². The Morgan fingerprint density at radius 3 is 2.54 bits per heavy atom. The van der Waals surface area contributed by atoms with Gasteiger partial charge < -0.3 is 5.32 Å². The maximum Gasteiger partial charge on any atom is 0.294 e. The van der Waals surface area contributed by atoms with Crippen molar-refractivity contribution in [1.29, 1.82) is 0 Å². The molecule has 3 N–H and O–H groups in total. The molecule has 0 spiro atoms. The summed E-state index contributed by atoms with van der Waals surface area (Å²) in [5, 5.41) is 19.1. The number of nitrogens with one attached hydrogen (secondary N) is 1. The number of nitro groups is 1. The Kier molecular flexibility index (Phi) is 5.32. The van der Waals surface area contributed by atoms with Gasteiger partial charge in [-0.1, -0.05) is 12.1 Å². The minimum atomic E-state index is -4.03. The van der Waals surface area contributed by atoms with Crippen LogP contribution in [0.25, 0.3) is 0 Å². The molecule has 0 aliphatic heterocycles. The summed E-state index contributed by atoms with van der Waals surface area (Å²) >= 11 is 0. The van der Waals surface area contributed by atoms with E-state index in [1.807, 2.05) is 0 Å². The Labute approximate surface area is 141 Å². The van der Waals surface area contributed by atoms with E-state index >= 15 is 0 Å². The van der Waals surface area contributed by atoms with Crippen molar-refractivity contribution in [3.63, 3.8) is 0 Å². The first kappa shape index (κ1) is 18.0. The fraction of sp³-hybridized carbons (Fsp3) is 0.143. The number of rotatable bonds is 6. The van der Waals surface area contributed by atoms with Crippen LogP contribution in [0.5, 0.6) is 0 Å². The van der Waals surface area contributed by atoms with Crippen LogP contribution in [0.3, 0.4) is 0 Å². The molecular formula is C14H15N3O5S2. The van der Waals surface area contributed by atoms with Crippen molar-refractivity contribution in [2.45, 2.75) is 10.6 Å². The minimum absolute atomic E-state index is 0.127. The SMILES string of the molecule is CS(=O)Cc1cccc(Nc2ccc(S(N)(=O)=O)cc2[N+](=O)[O-])c1. The van der Waals surface area contributed by atoms with E-state index in [0.717, 1.165) is 11.6 Å². The molecule has 2 aromatic rings. The largest absolute Gasteiger partial charge is 0.350 e. The van der Waals surface area contributed by atoms with Crippen molar-refractivity contribution in [3.05, 3.63) is 58.1 Å². The minimum Gasteiger partial charge on any atom is -0.350 e. The molecule has 1 unspecified atom stereocenters. The number of benzene rings is 2. The summed E-state index contributed by atoms with van der Waals surface area (Å²) in [5.74, 6) is 0.363. The first-order valence-corrected chi connectivity index (χ1v) is 9.91. The van der Waals surface area contributed by atoms with Gasteiger partial charge in [0.25, 0.3) is 5.69 Å². The highest BCUT2D eigenvalue weighted by atomic mass is 32.2. The fourth-order valence-corrected chi connectivity index (χ4v) is 3.26. The van der Waals surface area contributed by atoms with Crippen LogP contribution in [-0.4, -0.2) is 23.8 Å². The standard InChI is InChI=1S/C14H15N3O5S2/c1-23(20)9-10-3-2-4-11(7-10)16-13-6-5-12(24(15,21)22)8-14(13)17(18)19/h2-8,16H,9H2,1H3,(H2,15,21,22). The van der Waals surface area contributed by atoms with Crippen LogP contribution >= 0.6 is 0 Å². The van der Waals surface area contributed by atoms with Crippen molar-refractivity contribution < 1.29 is 17.6 Å². The van der Waals surface area contributed by atoms with Crippen LogP contribution in [0.2, 0.25) is 0 Å². The zero-order valence-electron chi connectivity index (χ0n) is 12.6. The van der Waals surface area contributed by atoms with Gasteiger partial charge in [-0.15, -0.1) is 0 Å². The van der Waals surface area contributed by atoms with E-state index in [4.69, 9.17) is 5.14 Å². The first-order chi connectivity index (χ1) is 11.2. The molecule has 0 amide bonds. The van der Waals surface area contributed by atoms with Gasteiger partial charge in [0.1, 0.15) is 5.69 Å². The lowest BCUT2D eigenvalue weighted by Crippen LogP contribution is -2.12. The first-order valence-electron chi connectivity index (χ1n) is 6.64. The third-order valence-corrected chi connectivity index (χ3v) is 4.72. The quantitative estimate of drug-likeness (QED) is 0.590. The lowest BCUT2D eigenvalue weighted by atomic mass is 10.2. The summed E-state index contributed by atoms with van der Waals surface area (Å²) in [6, 6.07) is 10.3. The monoisotopic (exact) mass is 369 g/mol. The number of hydrogen-bond donors (Lipinski definition) is 2. The van der Waals surface area contributed by atoms with Gasteiger partial charge in [-0.05, 0) is 29.8 Å². The second-order valence-electron chi connectivity index (χ2n) is 5.02. The molecule has 0 aliphatic rings. The van der Waals surface area contributed by atoms with E-state index < -0.39 is 31.4 Å². The Bertz CT molecular complexity index is 912. The smallest absolute Gasteiger partial charge is 0.294 e. The predicted molar refractivity (Wildman–Crippen MR) is 92.0 cm³/mol. The molecule has 0 heterocycles. The Morgan fingerprint density at radius 1 is 1.25 bits per heavy atom. The molecule has 2 aromatic carbocycles. The Balaban J connectivity index is 2.39. The van der Waals surface area contributed by atoms with Crippen LogP contribution in [0, 0.1) is 10.1 Å². The summed E-state index contributed by atoms with van der Waals surface area (Å²) in [6.07, 6.45) is 1.58. The fourth-order valence-electron chi connectivity index (χ4n) is 2.07. The third-order valence-electron chi connectivity index (χ3n) is 3.07. The summed E-state index contributed by atoms with van der Waals surface area (Å²) in [4.78, 5) is 10.2. The van der Waals surface area contributed by atoms with Crippen LogP contribution in [0.15, 0.2) is 47.4 Å². The van der Waals surface area contributed by atoms with Gasteiger partial charge in [0.15, 0.2) is 0 Å². The van der Waals surface area contributed by atoms with Crippen molar-refractivity contribution in [2.24, 2.45) is 5.14 Å². The maximum atomic E-state index is 11.3. The molecule has 0 saturated carbocycles. The van der Waals surface area contributed by atoms with E-state index in [1.54, 1.807) is 30.5 Å². The van der Waals surface area contributed by atoms with Crippen molar-refractivity contribution in [2.75, 3.05) is 11.6 Å². The van der Waals surface area contributed by atoms with Gasteiger partial charge >= 0.3 is 0 Å². The normalized spacial score (nSPS) is 12.6. The molecule has 10 heteroatoms. The van der Waals surface area contributed by atoms with Gasteiger partial charge in [0, 0.05) is 34.6 Å². The number of anilines is 2. The maximum absolute atomic E-state index is 11.3. The zero-order chi connectivity index (χ0) is 17.9. The molecule has 0 radical (unpaired) electrons. The number of sulfonamides is 1. The number of nitro benzene ring substituents is 1. The van der Waals surface area contributed by atoms with E-state index in [2.05, 4.69) is 5.32 Å². The van der Waals surface area contributed by atoms with Gasteiger partial charge in [-0.2, -0.15) is 0 Å². The molecule has 2 rings (SSSR count). The highest BCUT2D eigenvalue weighted by Crippen LogP contribution is 2.30. The molecule has 0 saturated heterocycles. The van der Waals surface area contributed by atoms with Crippen molar-refractivity contribution in [1.82, 2.24) is 0 Å². The second kappa shape index (κ2) is 7.07. The molecule has 0 bridgehead atoms. The molecular weight excluding hydrogens is 354 g/mol. The number of hydrogen-bond acceptors (Lipinski definition) is 6. The van der Waals surface area contributed by atoms with Gasteiger partial charge in [-0.25, -0.2) is 13.6 Å². The Morgan fingerprint density at radius 2 is 1.96 bits per heavy atom. The highest BCUT2D eigenvalue weighted by molar-refractivity contribution is 7.89. The molecule has 0 aromatic heterocycles. The summed E-state index contributed by atoms with van der Waals surface area (Å²) < 4.78 is 34.0. The molecule has 0 aliphatic carbocycles. The second-order valence-corrected chi connectivity index (χ2v) is 8.02. The summed E-state index contributed by atoms with van der Waals surface area (Å²) in [6.45, 7) is 0. The third kappa shape index (κ3) is 4.60. The van der Waals surface area contributed by atoms with Crippen molar-refractivity contribution >= 4 is 37.9 Å². The molecule has 24 heavy (non-hydrogen) atoms. The average molecular weight is 369 g/mol. The zero-order valence-corrected chi connectivity index (χ0v) is 14.3. The van der Waals surface area contributed by atoms with Gasteiger partial charge in [-0.3, -0.25) is 14.3 Å². The molecule has 0 fully saturated rings. The van der Waals surface area contributed by atoms with Gasteiger partial charge in [0.2, 0.25) is 10.0 Å². The topological polar surface area (TPSA) is 132 Å². The van der Waals surface area contributed by atoms with Crippen molar-refractivity contribution in [3.8, 4) is 0 Å². The van der Waals surface area contributed by atoms with E-state index in [0.29, 0.717) is 11.4 Å². The number of nitrogens with two attached hydrogens (primary N) is 1. The molecule has 8 nitrogen and oxygen atoms in total. The highest BCUT2D eigenvalue weighted by Gasteiger charge is 2.19. The summed E-state index contributed by atoms with van der Waals surface area (Å²) in [7, 11) is -5.05.